The third kappa shape index (κ3) is 1.79. The highest BCUT2D eigenvalue weighted by atomic mass is 19.1. The second-order valence-corrected chi connectivity index (χ2v) is 7.47. The lowest BCUT2D eigenvalue weighted by Gasteiger charge is -2.54. The molecule has 0 spiro atoms. The van der Waals surface area contributed by atoms with E-state index in [9.17, 15) is 4.39 Å². The Morgan fingerprint density at radius 3 is 2.45 bits per heavy atom. The minimum absolute atomic E-state index is 0.423. The molecule has 1 N–H and O–H groups in total. The molecule has 4 saturated carbocycles. The average molecular weight is 301 g/mol. The number of nitrogens with zero attached hydrogens (tertiary/aromatic N) is 4. The van der Waals surface area contributed by atoms with Crippen molar-refractivity contribution in [3.8, 4) is 0 Å². The highest BCUT2D eigenvalue weighted by Crippen LogP contribution is 2.54. The van der Waals surface area contributed by atoms with Crippen molar-refractivity contribution in [1.82, 2.24) is 19.5 Å². The van der Waals surface area contributed by atoms with E-state index in [1.54, 1.807) is 10.9 Å². The monoisotopic (exact) mass is 301 g/mol. The Kier molecular flexibility index (Phi) is 2.56. The van der Waals surface area contributed by atoms with E-state index in [2.05, 4.69) is 20.3 Å². The number of aryl methyl sites for hydroxylation is 1. The van der Waals surface area contributed by atoms with Gasteiger partial charge < -0.3 is 9.88 Å². The highest BCUT2D eigenvalue weighted by molar-refractivity contribution is 5.82. The predicted molar refractivity (Wildman–Crippen MR) is 80.7 cm³/mol. The summed E-state index contributed by atoms with van der Waals surface area (Å²) in [6.07, 6.45) is 7.72. The molecule has 6 heteroatoms. The molecule has 0 amide bonds. The first-order valence-electron chi connectivity index (χ1n) is 8.28. The van der Waals surface area contributed by atoms with Gasteiger partial charge in [0.15, 0.2) is 17.0 Å². The minimum atomic E-state index is -0.678. The molecule has 4 aliphatic carbocycles. The van der Waals surface area contributed by atoms with Crippen LogP contribution in [-0.2, 0) is 7.05 Å². The maximum Gasteiger partial charge on any atom is 0.312 e. The van der Waals surface area contributed by atoms with Gasteiger partial charge in [0.05, 0.1) is 6.33 Å². The van der Waals surface area contributed by atoms with E-state index >= 15 is 0 Å². The van der Waals surface area contributed by atoms with Crippen LogP contribution in [0.2, 0.25) is 0 Å². The van der Waals surface area contributed by atoms with E-state index in [1.165, 1.54) is 32.1 Å². The van der Waals surface area contributed by atoms with Gasteiger partial charge in [-0.2, -0.15) is 14.4 Å². The zero-order chi connectivity index (χ0) is 14.8. The lowest BCUT2D eigenvalue weighted by molar-refractivity contribution is 0.00743. The standard InChI is InChI=1S/C16H20FN5/c1-22-7-18-13-14(20-16(17)21-15(13)22)19-12-10-3-8-2-9(5-10)6-11(12)4-8/h7-12H,2-6H2,1H3,(H,19,20,21). The smallest absolute Gasteiger partial charge is 0.312 e. The zero-order valence-corrected chi connectivity index (χ0v) is 12.7. The summed E-state index contributed by atoms with van der Waals surface area (Å²) < 4.78 is 15.5. The third-order valence-corrected chi connectivity index (χ3v) is 6.06. The van der Waals surface area contributed by atoms with Gasteiger partial charge >= 0.3 is 6.08 Å². The fourth-order valence-electron chi connectivity index (χ4n) is 5.40. The zero-order valence-electron chi connectivity index (χ0n) is 12.7. The van der Waals surface area contributed by atoms with Gasteiger partial charge in [-0.3, -0.25) is 0 Å². The van der Waals surface area contributed by atoms with Crippen molar-refractivity contribution in [1.29, 1.82) is 0 Å². The summed E-state index contributed by atoms with van der Waals surface area (Å²) in [5.74, 6) is 3.86. The summed E-state index contributed by atoms with van der Waals surface area (Å²) in [6.45, 7) is 0. The molecule has 116 valence electrons. The lowest BCUT2D eigenvalue weighted by Crippen LogP contribution is -2.51. The quantitative estimate of drug-likeness (QED) is 0.867. The van der Waals surface area contributed by atoms with Crippen LogP contribution in [0.3, 0.4) is 0 Å². The van der Waals surface area contributed by atoms with Crippen LogP contribution >= 0.6 is 0 Å². The van der Waals surface area contributed by atoms with E-state index in [4.69, 9.17) is 0 Å². The first kappa shape index (κ1) is 12.8. The second kappa shape index (κ2) is 4.40. The number of nitrogens with one attached hydrogen (secondary N) is 1. The maximum atomic E-state index is 13.8. The predicted octanol–water partition coefficient (Wildman–Crippen LogP) is 2.74. The van der Waals surface area contributed by atoms with E-state index in [0.29, 0.717) is 34.9 Å². The molecule has 0 aromatic carbocycles. The molecule has 4 fully saturated rings. The first-order valence-corrected chi connectivity index (χ1v) is 8.28. The summed E-state index contributed by atoms with van der Waals surface area (Å²) in [4.78, 5) is 12.2. The molecule has 2 heterocycles. The SMILES string of the molecule is Cn1cnc2c(NC3C4CC5CC(C4)CC3C5)nc(F)nc21. The number of fused-ring (bicyclic) bond motifs is 1. The van der Waals surface area contributed by atoms with Gasteiger partial charge in [-0.1, -0.05) is 0 Å². The molecule has 5 nitrogen and oxygen atoms in total. The van der Waals surface area contributed by atoms with Gasteiger partial charge in [0.2, 0.25) is 0 Å². The molecule has 4 aliphatic rings. The Morgan fingerprint density at radius 2 is 1.77 bits per heavy atom. The first-order chi connectivity index (χ1) is 10.7. The molecule has 2 aromatic rings. The molecular weight excluding hydrogens is 281 g/mol. The van der Waals surface area contributed by atoms with E-state index < -0.39 is 6.08 Å². The van der Waals surface area contributed by atoms with Gasteiger partial charge in [0.25, 0.3) is 0 Å². The van der Waals surface area contributed by atoms with Crippen LogP contribution in [0.1, 0.15) is 32.1 Å². The lowest BCUT2D eigenvalue weighted by atomic mass is 9.54. The number of hydrogen-bond acceptors (Lipinski definition) is 4. The second-order valence-electron chi connectivity index (χ2n) is 7.47. The van der Waals surface area contributed by atoms with Crippen molar-refractivity contribution in [2.45, 2.75) is 38.1 Å². The van der Waals surface area contributed by atoms with Crippen molar-refractivity contribution in [2.24, 2.45) is 30.7 Å². The van der Waals surface area contributed by atoms with Crippen LogP contribution in [0.15, 0.2) is 6.33 Å². The van der Waals surface area contributed by atoms with Crippen LogP contribution in [0.5, 0.6) is 0 Å². The van der Waals surface area contributed by atoms with Gasteiger partial charge in [0, 0.05) is 13.1 Å². The summed E-state index contributed by atoms with van der Waals surface area (Å²) in [6, 6.07) is 0.423. The normalized spacial score (nSPS) is 36.2. The number of hydrogen-bond donors (Lipinski definition) is 1. The van der Waals surface area contributed by atoms with Crippen molar-refractivity contribution >= 4 is 17.0 Å². The molecular formula is C16H20FN5. The Labute approximate surface area is 128 Å². The van der Waals surface area contributed by atoms with Crippen LogP contribution in [0.4, 0.5) is 10.2 Å². The largest absolute Gasteiger partial charge is 0.365 e. The highest BCUT2D eigenvalue weighted by Gasteiger charge is 2.48. The van der Waals surface area contributed by atoms with Gasteiger partial charge in [-0.15, -0.1) is 0 Å². The summed E-state index contributed by atoms with van der Waals surface area (Å²) >= 11 is 0. The van der Waals surface area contributed by atoms with E-state index in [-0.39, 0.29) is 0 Å². The summed E-state index contributed by atoms with van der Waals surface area (Å²) in [5.41, 5.74) is 1.23. The number of imidazole rings is 1. The fraction of sp³-hybridized carbons (Fsp3) is 0.688. The van der Waals surface area contributed by atoms with Gasteiger partial charge in [-0.05, 0) is 55.8 Å². The molecule has 22 heavy (non-hydrogen) atoms. The van der Waals surface area contributed by atoms with Crippen molar-refractivity contribution in [3.63, 3.8) is 0 Å². The van der Waals surface area contributed by atoms with E-state index in [0.717, 1.165) is 11.8 Å². The van der Waals surface area contributed by atoms with Crippen LogP contribution in [0.25, 0.3) is 11.2 Å². The number of halogens is 1. The fourth-order valence-corrected chi connectivity index (χ4v) is 5.40. The summed E-state index contributed by atoms with van der Waals surface area (Å²) in [7, 11) is 1.83. The number of aromatic nitrogens is 4. The molecule has 0 saturated heterocycles. The Balaban J connectivity index is 1.51. The molecule has 0 unspecified atom stereocenters. The van der Waals surface area contributed by atoms with Gasteiger partial charge in [0.1, 0.15) is 0 Å². The minimum Gasteiger partial charge on any atom is -0.365 e. The van der Waals surface area contributed by atoms with Gasteiger partial charge in [-0.25, -0.2) is 4.98 Å². The third-order valence-electron chi connectivity index (χ3n) is 6.06. The topological polar surface area (TPSA) is 55.6 Å². The van der Waals surface area contributed by atoms with E-state index in [1.807, 2.05) is 7.05 Å². The maximum absolute atomic E-state index is 13.8. The van der Waals surface area contributed by atoms with Crippen molar-refractivity contribution in [3.05, 3.63) is 12.4 Å². The molecule has 0 aliphatic heterocycles. The number of rotatable bonds is 2. The molecule has 2 aromatic heterocycles. The van der Waals surface area contributed by atoms with Crippen LogP contribution in [0, 0.1) is 29.7 Å². The molecule has 6 rings (SSSR count). The Hall–Kier alpha value is -1.72. The average Bonchev–Trinajstić information content (AvgIpc) is 2.83. The Morgan fingerprint density at radius 1 is 1.09 bits per heavy atom. The van der Waals surface area contributed by atoms with Crippen molar-refractivity contribution in [2.75, 3.05) is 5.32 Å². The number of anilines is 1. The molecule has 0 atom stereocenters. The van der Waals surface area contributed by atoms with Crippen molar-refractivity contribution < 1.29 is 4.39 Å². The molecule has 4 bridgehead atoms. The molecule has 0 radical (unpaired) electrons. The summed E-state index contributed by atoms with van der Waals surface area (Å²) in [5, 5.41) is 3.55. The van der Waals surface area contributed by atoms with Crippen LogP contribution in [-0.4, -0.2) is 25.6 Å². The Bertz CT molecular complexity index is 711. The van der Waals surface area contributed by atoms with Crippen LogP contribution < -0.4 is 5.32 Å².